The van der Waals surface area contributed by atoms with Crippen molar-refractivity contribution in [3.8, 4) is 5.82 Å². The van der Waals surface area contributed by atoms with Crippen molar-refractivity contribution < 1.29 is 0 Å². The van der Waals surface area contributed by atoms with E-state index >= 15 is 0 Å². The third-order valence-corrected chi connectivity index (χ3v) is 2.20. The van der Waals surface area contributed by atoms with Crippen LogP contribution < -0.4 is 11.3 Å². The molecule has 0 atom stereocenters. The van der Waals surface area contributed by atoms with E-state index in [-0.39, 0.29) is 17.2 Å². The Labute approximate surface area is 89.9 Å². The molecule has 0 unspecified atom stereocenters. The molecule has 2 aromatic heterocycles. The summed E-state index contributed by atoms with van der Waals surface area (Å²) in [7, 11) is 1.63. The highest BCUT2D eigenvalue weighted by atomic mass is 35.5. The van der Waals surface area contributed by atoms with Gasteiger partial charge in [0.15, 0.2) is 5.82 Å². The van der Waals surface area contributed by atoms with Crippen LogP contribution in [0.25, 0.3) is 5.82 Å². The first-order valence-electron chi connectivity index (χ1n) is 4.12. The number of aryl methyl sites for hydroxylation is 1. The summed E-state index contributed by atoms with van der Waals surface area (Å²) in [4.78, 5) is 15.6. The minimum absolute atomic E-state index is 0.165. The van der Waals surface area contributed by atoms with Crippen LogP contribution >= 0.6 is 11.6 Å². The Hall–Kier alpha value is -1.82. The van der Waals surface area contributed by atoms with Crippen LogP contribution in [0.4, 0.5) is 5.82 Å². The quantitative estimate of drug-likeness (QED) is 0.752. The molecule has 6 nitrogen and oxygen atoms in total. The predicted octanol–water partition coefficient (Wildman–Crippen LogP) is 0.202. The summed E-state index contributed by atoms with van der Waals surface area (Å²) >= 11 is 5.73. The summed E-state index contributed by atoms with van der Waals surface area (Å²) in [6, 6.07) is 0. The maximum absolute atomic E-state index is 11.6. The Morgan fingerprint density at radius 1 is 1.53 bits per heavy atom. The molecule has 7 heteroatoms. The molecule has 0 aromatic carbocycles. The summed E-state index contributed by atoms with van der Waals surface area (Å²) in [5, 5.41) is 4.16. The number of halogens is 1. The van der Waals surface area contributed by atoms with Crippen molar-refractivity contribution in [3.63, 3.8) is 0 Å². The van der Waals surface area contributed by atoms with Gasteiger partial charge in [-0.15, -0.1) is 5.10 Å². The summed E-state index contributed by atoms with van der Waals surface area (Å²) in [6.07, 6.45) is 4.50. The van der Waals surface area contributed by atoms with Gasteiger partial charge in [0.25, 0.3) is 5.56 Å². The maximum atomic E-state index is 11.6. The number of nitrogen functional groups attached to an aromatic ring is 1. The average molecular weight is 226 g/mol. The van der Waals surface area contributed by atoms with E-state index in [9.17, 15) is 4.79 Å². The van der Waals surface area contributed by atoms with Crippen LogP contribution in [-0.2, 0) is 7.05 Å². The fraction of sp³-hybridized carbons (Fsp3) is 0.125. The highest BCUT2D eigenvalue weighted by Crippen LogP contribution is 2.16. The second-order valence-electron chi connectivity index (χ2n) is 2.97. The lowest BCUT2D eigenvalue weighted by Gasteiger charge is -2.00. The number of rotatable bonds is 1. The molecule has 15 heavy (non-hydrogen) atoms. The van der Waals surface area contributed by atoms with Crippen LogP contribution in [0.1, 0.15) is 0 Å². The summed E-state index contributed by atoms with van der Waals surface area (Å²) in [6.45, 7) is 0. The largest absolute Gasteiger partial charge is 0.381 e. The van der Waals surface area contributed by atoms with E-state index in [2.05, 4.69) is 10.1 Å². The van der Waals surface area contributed by atoms with Crippen molar-refractivity contribution in [2.75, 3.05) is 5.73 Å². The average Bonchev–Trinajstić information content (AvgIpc) is 2.51. The first kappa shape index (κ1) is 9.72. The molecular formula is C8H8ClN5O. The van der Waals surface area contributed by atoms with E-state index in [1.807, 2.05) is 0 Å². The van der Waals surface area contributed by atoms with Gasteiger partial charge < -0.3 is 10.3 Å². The van der Waals surface area contributed by atoms with Gasteiger partial charge in [-0.25, -0.2) is 9.67 Å². The number of anilines is 1. The second-order valence-corrected chi connectivity index (χ2v) is 3.38. The molecule has 0 saturated carbocycles. The molecule has 0 radical (unpaired) electrons. The Morgan fingerprint density at radius 2 is 2.27 bits per heavy atom. The Balaban J connectivity index is 2.64. The topological polar surface area (TPSA) is 78.7 Å². The first-order chi connectivity index (χ1) is 7.09. The van der Waals surface area contributed by atoms with Gasteiger partial charge in [0.2, 0.25) is 5.82 Å². The van der Waals surface area contributed by atoms with Gasteiger partial charge in [-0.05, 0) is 0 Å². The van der Waals surface area contributed by atoms with E-state index in [4.69, 9.17) is 17.3 Å². The van der Waals surface area contributed by atoms with Crippen molar-refractivity contribution in [2.24, 2.45) is 7.05 Å². The van der Waals surface area contributed by atoms with Gasteiger partial charge in [-0.3, -0.25) is 4.79 Å². The van der Waals surface area contributed by atoms with Gasteiger partial charge in [0, 0.05) is 19.4 Å². The molecule has 0 spiro atoms. The zero-order valence-corrected chi connectivity index (χ0v) is 8.64. The van der Waals surface area contributed by atoms with Crippen molar-refractivity contribution in [1.29, 1.82) is 0 Å². The lowest BCUT2D eigenvalue weighted by atomic mass is 10.6. The minimum Gasteiger partial charge on any atom is -0.381 e. The zero-order chi connectivity index (χ0) is 11.0. The van der Waals surface area contributed by atoms with Crippen molar-refractivity contribution in [2.45, 2.75) is 0 Å². The highest BCUT2D eigenvalue weighted by Gasteiger charge is 2.09. The van der Waals surface area contributed by atoms with Gasteiger partial charge in [-0.1, -0.05) is 11.6 Å². The van der Waals surface area contributed by atoms with E-state index in [1.54, 1.807) is 13.2 Å². The number of hydrogen-bond acceptors (Lipinski definition) is 4. The molecule has 2 aromatic rings. The van der Waals surface area contributed by atoms with Crippen molar-refractivity contribution >= 4 is 17.4 Å². The molecule has 2 N–H and O–H groups in total. The van der Waals surface area contributed by atoms with Crippen LogP contribution in [0.3, 0.4) is 0 Å². The molecule has 0 amide bonds. The highest BCUT2D eigenvalue weighted by molar-refractivity contribution is 6.32. The lowest BCUT2D eigenvalue weighted by Crippen LogP contribution is -2.23. The lowest BCUT2D eigenvalue weighted by molar-refractivity contribution is 0.768. The van der Waals surface area contributed by atoms with Crippen LogP contribution in [0.15, 0.2) is 23.4 Å². The fourth-order valence-corrected chi connectivity index (χ4v) is 1.25. The number of nitrogens with zero attached hydrogens (tertiary/aromatic N) is 4. The van der Waals surface area contributed by atoms with E-state index < -0.39 is 0 Å². The second kappa shape index (κ2) is 3.39. The molecule has 78 valence electrons. The molecule has 0 fully saturated rings. The van der Waals surface area contributed by atoms with Gasteiger partial charge in [0.05, 0.1) is 6.20 Å². The molecule has 2 rings (SSSR count). The van der Waals surface area contributed by atoms with Gasteiger partial charge in [-0.2, -0.15) is 0 Å². The first-order valence-corrected chi connectivity index (χ1v) is 4.50. The number of hydrogen-bond donors (Lipinski definition) is 1. The molecule has 0 aliphatic heterocycles. The third kappa shape index (κ3) is 1.59. The maximum Gasteiger partial charge on any atom is 0.295 e. The molecular weight excluding hydrogens is 218 g/mol. The van der Waals surface area contributed by atoms with Gasteiger partial charge in [0.1, 0.15) is 5.02 Å². The van der Waals surface area contributed by atoms with Crippen molar-refractivity contribution in [1.82, 2.24) is 19.3 Å². The molecule has 2 heterocycles. The normalized spacial score (nSPS) is 10.5. The van der Waals surface area contributed by atoms with E-state index in [0.717, 1.165) is 0 Å². The Kier molecular flexibility index (Phi) is 2.20. The van der Waals surface area contributed by atoms with Crippen LogP contribution in [0, 0.1) is 0 Å². The number of aromatic nitrogens is 4. The van der Waals surface area contributed by atoms with Gasteiger partial charge >= 0.3 is 0 Å². The van der Waals surface area contributed by atoms with Crippen LogP contribution in [0.5, 0.6) is 0 Å². The summed E-state index contributed by atoms with van der Waals surface area (Å²) in [5.74, 6) is 0.336. The molecule has 0 aliphatic rings. The molecule has 0 bridgehead atoms. The standard InChI is InChI=1S/C8H8ClN5O/c1-13-3-2-11-7(8(13)15)14-4-5(9)6(10)12-14/h2-4H,1H3,(H2,10,12). The molecule has 0 aliphatic carbocycles. The monoisotopic (exact) mass is 225 g/mol. The SMILES string of the molecule is Cn1ccnc(-n2cc(Cl)c(N)n2)c1=O. The van der Waals surface area contributed by atoms with Crippen molar-refractivity contribution in [3.05, 3.63) is 34.0 Å². The fourth-order valence-electron chi connectivity index (χ4n) is 1.12. The summed E-state index contributed by atoms with van der Waals surface area (Å²) < 4.78 is 2.66. The smallest absolute Gasteiger partial charge is 0.295 e. The zero-order valence-electron chi connectivity index (χ0n) is 7.88. The van der Waals surface area contributed by atoms with E-state index in [0.29, 0.717) is 5.02 Å². The summed E-state index contributed by atoms with van der Waals surface area (Å²) in [5.41, 5.74) is 5.20. The van der Waals surface area contributed by atoms with E-state index in [1.165, 1.54) is 21.6 Å². The minimum atomic E-state index is -0.267. The van der Waals surface area contributed by atoms with Crippen LogP contribution in [-0.4, -0.2) is 19.3 Å². The van der Waals surface area contributed by atoms with Crippen LogP contribution in [0.2, 0.25) is 5.02 Å². The predicted molar refractivity (Wildman–Crippen MR) is 56.0 cm³/mol. The Morgan fingerprint density at radius 3 is 2.87 bits per heavy atom. The third-order valence-electron chi connectivity index (χ3n) is 1.91. The Bertz CT molecular complexity index is 539. The molecule has 0 saturated heterocycles. The number of nitrogens with two attached hydrogens (primary N) is 1.